The van der Waals surface area contributed by atoms with E-state index in [1.807, 2.05) is 0 Å². The molecule has 1 aliphatic rings. The first-order valence-electron chi connectivity index (χ1n) is 6.74. The Morgan fingerprint density at radius 2 is 1.94 bits per heavy atom. The van der Waals surface area contributed by atoms with Crippen LogP contribution in [-0.2, 0) is 13.1 Å². The van der Waals surface area contributed by atoms with Crippen LogP contribution in [0.5, 0.6) is 0 Å². The van der Waals surface area contributed by atoms with Crippen molar-refractivity contribution in [3.63, 3.8) is 0 Å². The molecule has 2 heteroatoms. The predicted molar refractivity (Wildman–Crippen MR) is 74.6 cm³/mol. The third kappa shape index (κ3) is 2.82. The summed E-state index contributed by atoms with van der Waals surface area (Å²) in [5.74, 6) is 0. The largest absolute Gasteiger partial charge is 0.346 e. The van der Waals surface area contributed by atoms with Gasteiger partial charge >= 0.3 is 0 Å². The van der Waals surface area contributed by atoms with Crippen molar-refractivity contribution in [2.75, 3.05) is 0 Å². The van der Waals surface area contributed by atoms with Crippen LogP contribution in [0.4, 0.5) is 0 Å². The van der Waals surface area contributed by atoms with Crippen molar-refractivity contribution in [2.24, 2.45) is 0 Å². The summed E-state index contributed by atoms with van der Waals surface area (Å²) in [5.41, 5.74) is 4.06. The molecule has 1 N–H and O–H groups in total. The summed E-state index contributed by atoms with van der Waals surface area (Å²) in [5, 5.41) is 3.57. The molecular formula is C16H20N2. The van der Waals surface area contributed by atoms with Crippen LogP contribution in [0.3, 0.4) is 0 Å². The molecule has 1 aromatic carbocycles. The van der Waals surface area contributed by atoms with Crippen molar-refractivity contribution in [3.05, 3.63) is 59.4 Å². The second-order valence-electron chi connectivity index (χ2n) is 5.27. The van der Waals surface area contributed by atoms with E-state index in [2.05, 4.69) is 59.4 Å². The van der Waals surface area contributed by atoms with Crippen molar-refractivity contribution in [3.8, 4) is 0 Å². The predicted octanol–water partition coefficient (Wildman–Crippen LogP) is 3.10. The van der Waals surface area contributed by atoms with Crippen molar-refractivity contribution >= 4 is 0 Å². The van der Waals surface area contributed by atoms with Gasteiger partial charge < -0.3 is 9.88 Å². The van der Waals surface area contributed by atoms with E-state index in [9.17, 15) is 0 Å². The van der Waals surface area contributed by atoms with Gasteiger partial charge in [-0.05, 0) is 37.5 Å². The number of hydrogen-bond donors (Lipinski definition) is 1. The lowest BCUT2D eigenvalue weighted by Crippen LogP contribution is -2.18. The van der Waals surface area contributed by atoms with E-state index in [1.54, 1.807) is 0 Å². The molecule has 1 aromatic heterocycles. The van der Waals surface area contributed by atoms with Gasteiger partial charge in [-0.15, -0.1) is 0 Å². The molecular weight excluding hydrogens is 220 g/mol. The number of aryl methyl sites for hydroxylation is 1. The van der Waals surface area contributed by atoms with Crippen LogP contribution in [0.1, 0.15) is 29.7 Å². The molecule has 0 radical (unpaired) electrons. The van der Waals surface area contributed by atoms with Crippen LogP contribution in [-0.4, -0.2) is 10.6 Å². The first-order chi connectivity index (χ1) is 8.81. The Hall–Kier alpha value is -1.54. The van der Waals surface area contributed by atoms with Gasteiger partial charge in [0.2, 0.25) is 0 Å². The van der Waals surface area contributed by atoms with E-state index >= 15 is 0 Å². The molecule has 0 saturated heterocycles. The quantitative estimate of drug-likeness (QED) is 0.849. The monoisotopic (exact) mass is 240 g/mol. The lowest BCUT2D eigenvalue weighted by atomic mass is 10.1. The Balaban J connectivity index is 1.67. The van der Waals surface area contributed by atoms with E-state index in [4.69, 9.17) is 0 Å². The minimum atomic E-state index is 0.771. The molecule has 3 rings (SSSR count). The number of rotatable bonds is 5. The van der Waals surface area contributed by atoms with Gasteiger partial charge in [0.05, 0.1) is 0 Å². The average molecular weight is 240 g/mol. The van der Waals surface area contributed by atoms with Crippen molar-refractivity contribution < 1.29 is 0 Å². The Kier molecular flexibility index (Phi) is 3.20. The molecule has 0 amide bonds. The summed E-state index contributed by atoms with van der Waals surface area (Å²) in [4.78, 5) is 0. The second kappa shape index (κ2) is 4.99. The second-order valence-corrected chi connectivity index (χ2v) is 5.27. The fraction of sp³-hybridized carbons (Fsp3) is 0.375. The standard InChI is InChI=1S/C16H20N2/c1-13-4-6-14(7-5-13)12-18-10-2-3-16(18)11-17-15-8-9-15/h2-7,10,15,17H,8-9,11-12H2,1H3. The van der Waals surface area contributed by atoms with Gasteiger partial charge in [-0.2, -0.15) is 0 Å². The van der Waals surface area contributed by atoms with Crippen LogP contribution in [0.25, 0.3) is 0 Å². The molecule has 94 valence electrons. The summed E-state index contributed by atoms with van der Waals surface area (Å²) >= 11 is 0. The van der Waals surface area contributed by atoms with Crippen molar-refractivity contribution in [1.29, 1.82) is 0 Å². The molecule has 0 atom stereocenters. The molecule has 0 unspecified atom stereocenters. The maximum Gasteiger partial charge on any atom is 0.0473 e. The summed E-state index contributed by atoms with van der Waals surface area (Å²) < 4.78 is 2.33. The molecule has 18 heavy (non-hydrogen) atoms. The molecule has 1 saturated carbocycles. The molecule has 1 fully saturated rings. The normalized spacial score (nSPS) is 14.9. The van der Waals surface area contributed by atoms with Crippen LogP contribution in [0.15, 0.2) is 42.6 Å². The maximum atomic E-state index is 3.57. The molecule has 1 heterocycles. The van der Waals surface area contributed by atoms with Gasteiger partial charge in [0.25, 0.3) is 0 Å². The van der Waals surface area contributed by atoms with E-state index in [0.717, 1.165) is 19.1 Å². The summed E-state index contributed by atoms with van der Waals surface area (Å²) in [6.45, 7) is 4.09. The zero-order valence-corrected chi connectivity index (χ0v) is 10.9. The Morgan fingerprint density at radius 3 is 2.67 bits per heavy atom. The fourth-order valence-electron chi connectivity index (χ4n) is 2.19. The average Bonchev–Trinajstić information content (AvgIpc) is 3.11. The highest BCUT2D eigenvalue weighted by atomic mass is 15.0. The highest BCUT2D eigenvalue weighted by Gasteiger charge is 2.20. The first-order valence-corrected chi connectivity index (χ1v) is 6.74. The van der Waals surface area contributed by atoms with Crippen LogP contribution >= 0.6 is 0 Å². The highest BCUT2D eigenvalue weighted by molar-refractivity contribution is 5.22. The smallest absolute Gasteiger partial charge is 0.0473 e. The first kappa shape index (κ1) is 11.5. The minimum Gasteiger partial charge on any atom is -0.346 e. The van der Waals surface area contributed by atoms with Crippen molar-refractivity contribution in [2.45, 2.75) is 38.9 Å². The third-order valence-corrected chi connectivity index (χ3v) is 3.55. The van der Waals surface area contributed by atoms with Crippen LogP contribution < -0.4 is 5.32 Å². The van der Waals surface area contributed by atoms with E-state index < -0.39 is 0 Å². The van der Waals surface area contributed by atoms with Gasteiger partial charge in [-0.1, -0.05) is 29.8 Å². The summed E-state index contributed by atoms with van der Waals surface area (Å²) in [6, 6.07) is 13.9. The van der Waals surface area contributed by atoms with Crippen molar-refractivity contribution in [1.82, 2.24) is 9.88 Å². The zero-order valence-electron chi connectivity index (χ0n) is 10.9. The van der Waals surface area contributed by atoms with E-state index in [0.29, 0.717) is 0 Å². The Labute approximate surface area is 109 Å². The number of nitrogens with zero attached hydrogens (tertiary/aromatic N) is 1. The minimum absolute atomic E-state index is 0.771. The molecule has 2 nitrogen and oxygen atoms in total. The van der Waals surface area contributed by atoms with Crippen LogP contribution in [0.2, 0.25) is 0 Å². The molecule has 0 bridgehead atoms. The summed E-state index contributed by atoms with van der Waals surface area (Å²) in [7, 11) is 0. The van der Waals surface area contributed by atoms with Gasteiger partial charge in [0.1, 0.15) is 0 Å². The topological polar surface area (TPSA) is 17.0 Å². The molecule has 0 spiro atoms. The van der Waals surface area contributed by atoms with E-state index in [-0.39, 0.29) is 0 Å². The SMILES string of the molecule is Cc1ccc(Cn2cccc2CNC2CC2)cc1. The summed E-state index contributed by atoms with van der Waals surface area (Å²) in [6.07, 6.45) is 4.86. The number of benzene rings is 1. The van der Waals surface area contributed by atoms with Crippen LogP contribution in [0, 0.1) is 6.92 Å². The zero-order chi connectivity index (χ0) is 12.4. The number of aromatic nitrogens is 1. The van der Waals surface area contributed by atoms with Gasteiger partial charge in [-0.25, -0.2) is 0 Å². The Morgan fingerprint density at radius 1 is 1.17 bits per heavy atom. The third-order valence-electron chi connectivity index (χ3n) is 3.55. The number of nitrogens with one attached hydrogen (secondary N) is 1. The van der Waals surface area contributed by atoms with E-state index in [1.165, 1.54) is 29.7 Å². The lowest BCUT2D eigenvalue weighted by molar-refractivity contribution is 0.634. The number of hydrogen-bond acceptors (Lipinski definition) is 1. The van der Waals surface area contributed by atoms with Gasteiger partial charge in [-0.3, -0.25) is 0 Å². The maximum absolute atomic E-state index is 3.57. The fourth-order valence-corrected chi connectivity index (χ4v) is 2.19. The lowest BCUT2D eigenvalue weighted by Gasteiger charge is -2.10. The molecule has 0 aliphatic heterocycles. The van der Waals surface area contributed by atoms with Gasteiger partial charge in [0.15, 0.2) is 0 Å². The highest BCUT2D eigenvalue weighted by Crippen LogP contribution is 2.19. The Bertz CT molecular complexity index is 506. The molecule has 1 aliphatic carbocycles. The molecule has 2 aromatic rings. The van der Waals surface area contributed by atoms with Gasteiger partial charge in [0, 0.05) is 31.0 Å².